The number of hydrogen-bond donors (Lipinski definition) is 1. The third-order valence-corrected chi connectivity index (χ3v) is 3.18. The van der Waals surface area contributed by atoms with E-state index in [0.29, 0.717) is 10.9 Å². The lowest BCUT2D eigenvalue weighted by atomic mass is 10.2. The van der Waals surface area contributed by atoms with Gasteiger partial charge in [-0.15, -0.1) is 5.10 Å². The Bertz CT molecular complexity index is 772. The van der Waals surface area contributed by atoms with E-state index in [1.807, 2.05) is 31.2 Å². The van der Waals surface area contributed by atoms with Crippen LogP contribution in [0.15, 0.2) is 34.9 Å². The smallest absolute Gasteiger partial charge is 0.284 e. The molecule has 1 aromatic carbocycles. The number of H-pyrrole nitrogens is 1. The van der Waals surface area contributed by atoms with E-state index in [0.717, 1.165) is 16.9 Å². The Labute approximate surface area is 118 Å². The third-order valence-electron chi connectivity index (χ3n) is 2.75. The van der Waals surface area contributed by atoms with Gasteiger partial charge in [0.2, 0.25) is 5.89 Å². The van der Waals surface area contributed by atoms with Gasteiger partial charge in [-0.05, 0) is 43.4 Å². The van der Waals surface area contributed by atoms with Crippen LogP contribution in [0.4, 0.5) is 0 Å². The van der Waals surface area contributed by atoms with E-state index >= 15 is 0 Å². The van der Waals surface area contributed by atoms with Gasteiger partial charge in [-0.1, -0.05) is 11.6 Å². The summed E-state index contributed by atoms with van der Waals surface area (Å²) in [5, 5.41) is 11.6. The summed E-state index contributed by atoms with van der Waals surface area (Å²) in [6.07, 6.45) is 1.69. The van der Waals surface area contributed by atoms with Crippen molar-refractivity contribution in [3.63, 3.8) is 0 Å². The van der Waals surface area contributed by atoms with Crippen LogP contribution in [0.2, 0.25) is 5.02 Å². The highest BCUT2D eigenvalue weighted by Crippen LogP contribution is 2.23. The van der Waals surface area contributed by atoms with Crippen LogP contribution in [0.5, 0.6) is 0 Å². The van der Waals surface area contributed by atoms with E-state index in [4.69, 9.17) is 28.2 Å². The quantitative estimate of drug-likeness (QED) is 0.734. The number of rotatable bonds is 2. The van der Waals surface area contributed by atoms with Crippen molar-refractivity contribution in [2.45, 2.75) is 6.92 Å². The fraction of sp³-hybridized carbons (Fsp3) is 0.0833. The van der Waals surface area contributed by atoms with Gasteiger partial charge in [0.05, 0.1) is 23.1 Å². The van der Waals surface area contributed by atoms with Crippen LogP contribution in [0.3, 0.4) is 0 Å². The number of nitrogens with zero attached hydrogens (tertiary/aromatic N) is 3. The molecular formula is C12H9ClN4OS. The summed E-state index contributed by atoms with van der Waals surface area (Å²) in [6, 6.07) is 7.43. The number of aromatic amines is 1. The predicted molar refractivity (Wildman–Crippen MR) is 74.0 cm³/mol. The van der Waals surface area contributed by atoms with Crippen LogP contribution in [0.25, 0.3) is 17.1 Å². The largest absolute Gasteiger partial charge is 0.409 e. The lowest BCUT2D eigenvalue weighted by Gasteiger charge is -2.04. The molecule has 0 atom stereocenters. The van der Waals surface area contributed by atoms with Crippen molar-refractivity contribution in [2.24, 2.45) is 0 Å². The zero-order chi connectivity index (χ0) is 13.4. The predicted octanol–water partition coefficient (Wildman–Crippen LogP) is 3.55. The molecule has 3 aromatic rings. The number of halogens is 1. The molecular weight excluding hydrogens is 284 g/mol. The second-order valence-electron chi connectivity index (χ2n) is 3.95. The maximum atomic E-state index is 5.87. The highest BCUT2D eigenvalue weighted by atomic mass is 35.5. The summed E-state index contributed by atoms with van der Waals surface area (Å²) in [5.41, 5.74) is 2.62. The Morgan fingerprint density at radius 2 is 2.05 bits per heavy atom. The molecule has 0 radical (unpaired) electrons. The van der Waals surface area contributed by atoms with Crippen molar-refractivity contribution >= 4 is 23.8 Å². The van der Waals surface area contributed by atoms with Gasteiger partial charge in [-0.2, -0.15) is 5.10 Å². The van der Waals surface area contributed by atoms with Gasteiger partial charge in [0.15, 0.2) is 0 Å². The van der Waals surface area contributed by atoms with Crippen LogP contribution in [-0.4, -0.2) is 20.0 Å². The summed E-state index contributed by atoms with van der Waals surface area (Å²) >= 11 is 10.7. The molecule has 0 bridgehead atoms. The first-order valence-corrected chi connectivity index (χ1v) is 6.30. The van der Waals surface area contributed by atoms with E-state index in [1.54, 1.807) is 10.9 Å². The molecule has 7 heteroatoms. The Kier molecular flexibility index (Phi) is 2.96. The summed E-state index contributed by atoms with van der Waals surface area (Å²) in [7, 11) is 0. The minimum absolute atomic E-state index is 0.244. The van der Waals surface area contributed by atoms with Crippen LogP contribution >= 0.6 is 23.8 Å². The van der Waals surface area contributed by atoms with Crippen LogP contribution in [0.1, 0.15) is 5.69 Å². The van der Waals surface area contributed by atoms with Crippen molar-refractivity contribution in [1.29, 1.82) is 0 Å². The first-order chi connectivity index (χ1) is 9.15. The minimum atomic E-state index is 0.244. The van der Waals surface area contributed by atoms with Gasteiger partial charge in [0.1, 0.15) is 0 Å². The zero-order valence-electron chi connectivity index (χ0n) is 9.92. The Balaban J connectivity index is 2.08. The lowest BCUT2D eigenvalue weighted by Crippen LogP contribution is -1.98. The molecule has 3 rings (SSSR count). The highest BCUT2D eigenvalue weighted by molar-refractivity contribution is 7.71. The monoisotopic (exact) mass is 292 g/mol. The lowest BCUT2D eigenvalue weighted by molar-refractivity contribution is 0.551. The van der Waals surface area contributed by atoms with Crippen molar-refractivity contribution < 1.29 is 4.42 Å². The van der Waals surface area contributed by atoms with Crippen molar-refractivity contribution in [2.75, 3.05) is 0 Å². The molecule has 19 heavy (non-hydrogen) atoms. The minimum Gasteiger partial charge on any atom is -0.409 e. The maximum absolute atomic E-state index is 5.87. The average Bonchev–Trinajstić information content (AvgIpc) is 2.97. The average molecular weight is 293 g/mol. The molecule has 0 aliphatic carbocycles. The van der Waals surface area contributed by atoms with Gasteiger partial charge >= 0.3 is 0 Å². The van der Waals surface area contributed by atoms with E-state index in [-0.39, 0.29) is 4.84 Å². The molecule has 2 aromatic heterocycles. The Morgan fingerprint density at radius 1 is 1.32 bits per heavy atom. The van der Waals surface area contributed by atoms with E-state index < -0.39 is 0 Å². The topological polar surface area (TPSA) is 59.6 Å². The molecule has 1 N–H and O–H groups in total. The fourth-order valence-corrected chi connectivity index (χ4v) is 2.06. The van der Waals surface area contributed by atoms with Crippen molar-refractivity contribution in [3.05, 3.63) is 46.0 Å². The molecule has 2 heterocycles. The van der Waals surface area contributed by atoms with E-state index in [1.165, 1.54) is 0 Å². The van der Waals surface area contributed by atoms with Gasteiger partial charge in [0, 0.05) is 5.02 Å². The molecule has 0 saturated heterocycles. The molecule has 96 valence electrons. The molecule has 0 fully saturated rings. The highest BCUT2D eigenvalue weighted by Gasteiger charge is 2.13. The SMILES string of the molecule is Cc1c(-c2n[nH]c(=S)o2)cnn1-c1ccc(Cl)cc1. The molecule has 0 aliphatic heterocycles. The molecule has 0 unspecified atom stereocenters. The van der Waals surface area contributed by atoms with Gasteiger partial charge in [-0.25, -0.2) is 9.78 Å². The Morgan fingerprint density at radius 3 is 2.68 bits per heavy atom. The third kappa shape index (κ3) is 2.20. The molecule has 0 saturated carbocycles. The standard InChI is InChI=1S/C12H9ClN4OS/c1-7-10(11-15-16-12(19)18-11)6-14-17(7)9-4-2-8(13)3-5-9/h2-6H,1H3,(H,16,19). The number of hydrogen-bond acceptors (Lipinski definition) is 4. The first kappa shape index (κ1) is 12.1. The Hall–Kier alpha value is -1.92. The summed E-state index contributed by atoms with van der Waals surface area (Å²) in [5.74, 6) is 0.433. The van der Waals surface area contributed by atoms with Crippen LogP contribution in [-0.2, 0) is 0 Å². The van der Waals surface area contributed by atoms with Gasteiger partial charge < -0.3 is 4.42 Å². The van der Waals surface area contributed by atoms with E-state index in [9.17, 15) is 0 Å². The first-order valence-electron chi connectivity index (χ1n) is 5.51. The van der Waals surface area contributed by atoms with Gasteiger partial charge in [0.25, 0.3) is 4.84 Å². The van der Waals surface area contributed by atoms with E-state index in [2.05, 4.69) is 15.3 Å². The van der Waals surface area contributed by atoms with Crippen LogP contribution < -0.4 is 0 Å². The zero-order valence-corrected chi connectivity index (χ0v) is 11.5. The molecule has 0 spiro atoms. The summed E-state index contributed by atoms with van der Waals surface area (Å²) in [6.45, 7) is 1.93. The second-order valence-corrected chi connectivity index (χ2v) is 4.76. The number of nitrogens with one attached hydrogen (secondary N) is 1. The summed E-state index contributed by atoms with van der Waals surface area (Å²) < 4.78 is 7.08. The molecule has 0 aliphatic rings. The van der Waals surface area contributed by atoms with Crippen molar-refractivity contribution in [3.8, 4) is 17.1 Å². The molecule has 5 nitrogen and oxygen atoms in total. The van der Waals surface area contributed by atoms with Gasteiger partial charge in [-0.3, -0.25) is 0 Å². The number of aromatic nitrogens is 4. The maximum Gasteiger partial charge on any atom is 0.284 e. The molecule has 0 amide bonds. The van der Waals surface area contributed by atoms with Crippen molar-refractivity contribution in [1.82, 2.24) is 20.0 Å². The summed E-state index contributed by atoms with van der Waals surface area (Å²) in [4.78, 5) is 0.244. The van der Waals surface area contributed by atoms with Crippen LogP contribution in [0, 0.1) is 11.8 Å². The normalized spacial score (nSPS) is 10.8. The second kappa shape index (κ2) is 4.64. The number of benzene rings is 1. The fourth-order valence-electron chi connectivity index (χ4n) is 1.81.